The van der Waals surface area contributed by atoms with Crippen LogP contribution in [0.25, 0.3) is 5.76 Å². The second-order valence-electron chi connectivity index (χ2n) is 12.7. The van der Waals surface area contributed by atoms with E-state index in [0.717, 1.165) is 0 Å². The Morgan fingerprint density at radius 2 is 1.69 bits per heavy atom. The van der Waals surface area contributed by atoms with E-state index in [1.165, 1.54) is 19.0 Å². The minimum absolute atomic E-state index is 0.0464. The molecule has 1 saturated carbocycles. The number of halogens is 1. The molecule has 4 atom stereocenters. The number of Topliss-reactive ketones (excluding diaryl/α,β-unsaturated/α-hetero) is 2. The van der Waals surface area contributed by atoms with Gasteiger partial charge in [0.05, 0.1) is 11.6 Å². The molecule has 5 rings (SSSR count). The third-order valence-corrected chi connectivity index (χ3v) is 9.09. The van der Waals surface area contributed by atoms with E-state index in [9.17, 15) is 34.8 Å². The molecule has 6 N–H and O–H groups in total. The van der Waals surface area contributed by atoms with Crippen molar-refractivity contribution in [2.24, 2.45) is 17.1 Å². The number of fused-ring (bicyclic) bond motifs is 4. The molecule has 210 valence electrons. The van der Waals surface area contributed by atoms with Crippen LogP contribution < -0.4 is 5.73 Å². The number of likely N-dealkylation sites (N-methyl/N-ethyl adjacent to an activating group) is 1. The molecule has 0 bridgehead atoms. The van der Waals surface area contributed by atoms with Crippen LogP contribution in [0.2, 0.25) is 0 Å². The predicted octanol–water partition coefficient (Wildman–Crippen LogP) is 1.61. The number of aliphatic hydroxyl groups is 3. The first-order chi connectivity index (χ1) is 17.9. The van der Waals surface area contributed by atoms with E-state index in [-0.39, 0.29) is 53.9 Å². The van der Waals surface area contributed by atoms with E-state index in [1.807, 2.05) is 25.7 Å². The fourth-order valence-electron chi connectivity index (χ4n) is 7.06. The van der Waals surface area contributed by atoms with Gasteiger partial charge in [0.1, 0.15) is 28.7 Å². The van der Waals surface area contributed by atoms with E-state index in [2.05, 4.69) is 0 Å². The highest BCUT2D eigenvalue weighted by atomic mass is 19.1. The number of phenols is 1. The Hall–Kier alpha value is -3.28. The number of hydrogen-bond acceptors (Lipinski definition) is 9. The lowest BCUT2D eigenvalue weighted by atomic mass is 9.52. The number of carbonyl (C=O) groups is 3. The lowest BCUT2D eigenvalue weighted by Gasteiger charge is -2.53. The fraction of sp³-hybridized carbons (Fsp3) is 0.536. The largest absolute Gasteiger partial charge is 0.508 e. The zero-order valence-corrected chi connectivity index (χ0v) is 22.8. The first-order valence-corrected chi connectivity index (χ1v) is 12.8. The summed E-state index contributed by atoms with van der Waals surface area (Å²) in [7, 11) is 3.05. The molecule has 1 amide bonds. The summed E-state index contributed by atoms with van der Waals surface area (Å²) < 4.78 is 16.1. The standard InChI is InChI=1S/C28H34FN3O7/c1-26(2,3)32-9-12-13(10-32)20(33)15-11(18(12)29)7-27(4)8-14-19(31(5)6)22(35)16(25(30)38)23(36)28(14,39)24(37)17(27)21(15)34/h14,19,33-34,36,39H,7-10H2,1-6H3,(H2,30,38)/t14-,19-,27-,28+/m0/s1. The van der Waals surface area contributed by atoms with Crippen molar-refractivity contribution in [2.75, 3.05) is 14.1 Å². The van der Waals surface area contributed by atoms with Crippen molar-refractivity contribution in [3.8, 4) is 5.75 Å². The van der Waals surface area contributed by atoms with E-state index in [0.29, 0.717) is 11.1 Å². The summed E-state index contributed by atoms with van der Waals surface area (Å²) in [5.41, 5.74) is 0.279. The molecule has 3 aliphatic carbocycles. The van der Waals surface area contributed by atoms with Crippen LogP contribution in [0, 0.1) is 17.2 Å². The molecule has 11 heteroatoms. The number of ketones is 2. The predicted molar refractivity (Wildman–Crippen MR) is 138 cm³/mol. The first-order valence-electron chi connectivity index (χ1n) is 12.8. The summed E-state index contributed by atoms with van der Waals surface area (Å²) in [5.74, 6) is -7.28. The number of amides is 1. The van der Waals surface area contributed by atoms with Crippen LogP contribution in [-0.4, -0.2) is 79.0 Å². The number of carbonyl (C=O) groups excluding carboxylic acids is 3. The number of nitrogens with zero attached hydrogens (tertiary/aromatic N) is 2. The second-order valence-corrected chi connectivity index (χ2v) is 12.7. The number of benzene rings is 1. The summed E-state index contributed by atoms with van der Waals surface area (Å²) in [4.78, 5) is 42.9. The van der Waals surface area contributed by atoms with Crippen LogP contribution in [0.4, 0.5) is 4.39 Å². The maximum absolute atomic E-state index is 16.1. The van der Waals surface area contributed by atoms with E-state index >= 15 is 4.39 Å². The van der Waals surface area contributed by atoms with E-state index in [1.54, 1.807) is 6.92 Å². The van der Waals surface area contributed by atoms with Gasteiger partial charge in [-0.3, -0.25) is 24.2 Å². The van der Waals surface area contributed by atoms with Crippen LogP contribution in [0.15, 0.2) is 16.9 Å². The second kappa shape index (κ2) is 8.12. The van der Waals surface area contributed by atoms with Gasteiger partial charge in [0.25, 0.3) is 5.91 Å². The van der Waals surface area contributed by atoms with E-state index < -0.39 is 63.4 Å². The molecule has 1 heterocycles. The van der Waals surface area contributed by atoms with Crippen LogP contribution in [-0.2, 0) is 33.9 Å². The molecule has 1 fully saturated rings. The Labute approximate surface area is 225 Å². The molecule has 39 heavy (non-hydrogen) atoms. The number of primary amides is 1. The maximum Gasteiger partial charge on any atom is 0.255 e. The highest BCUT2D eigenvalue weighted by Crippen LogP contribution is 2.59. The van der Waals surface area contributed by atoms with Gasteiger partial charge in [-0.1, -0.05) is 6.92 Å². The molecular formula is C28H34FN3O7. The van der Waals surface area contributed by atoms with Crippen molar-refractivity contribution in [1.82, 2.24) is 9.80 Å². The average Bonchev–Trinajstić information content (AvgIpc) is 3.26. The zero-order valence-electron chi connectivity index (χ0n) is 22.8. The van der Waals surface area contributed by atoms with Gasteiger partial charge in [0.2, 0.25) is 5.78 Å². The van der Waals surface area contributed by atoms with Gasteiger partial charge in [-0.15, -0.1) is 0 Å². The number of phenolic OH excluding ortho intramolecular Hbond substituents is 1. The van der Waals surface area contributed by atoms with Gasteiger partial charge >= 0.3 is 0 Å². The lowest BCUT2D eigenvalue weighted by molar-refractivity contribution is -0.156. The molecule has 0 aromatic heterocycles. The maximum atomic E-state index is 16.1. The fourth-order valence-corrected chi connectivity index (χ4v) is 7.06. The Morgan fingerprint density at radius 1 is 1.10 bits per heavy atom. The molecule has 1 aromatic rings. The van der Waals surface area contributed by atoms with Crippen molar-refractivity contribution in [3.63, 3.8) is 0 Å². The number of aliphatic hydroxyl groups excluding tert-OH is 2. The summed E-state index contributed by atoms with van der Waals surface area (Å²) >= 11 is 0. The van der Waals surface area contributed by atoms with Gasteiger partial charge < -0.3 is 26.2 Å². The van der Waals surface area contributed by atoms with Crippen molar-refractivity contribution >= 4 is 23.2 Å². The zero-order chi connectivity index (χ0) is 29.1. The van der Waals surface area contributed by atoms with Gasteiger partial charge in [0.15, 0.2) is 11.4 Å². The molecule has 10 nitrogen and oxygen atoms in total. The van der Waals surface area contributed by atoms with Crippen molar-refractivity contribution in [3.05, 3.63) is 45.0 Å². The normalized spacial score (nSPS) is 30.9. The highest BCUT2D eigenvalue weighted by molar-refractivity contribution is 6.24. The van der Waals surface area contributed by atoms with Gasteiger partial charge in [-0.25, -0.2) is 4.39 Å². The SMILES string of the molecule is CN(C)[C@@H]1C(=O)C(C(N)=O)=C(O)[C@@]2(O)C(=O)C3=C(O)c4c(O)c5c(c(F)c4C[C@@]3(C)C[C@@H]12)CN(C(C)(C)C)C5. The van der Waals surface area contributed by atoms with Crippen LogP contribution in [0.1, 0.15) is 56.4 Å². The summed E-state index contributed by atoms with van der Waals surface area (Å²) in [6.07, 6.45) is -0.228. The molecule has 0 saturated heterocycles. The molecule has 1 aliphatic heterocycles. The molecular weight excluding hydrogens is 509 g/mol. The van der Waals surface area contributed by atoms with E-state index in [4.69, 9.17) is 5.73 Å². The highest BCUT2D eigenvalue weighted by Gasteiger charge is 2.66. The topological polar surface area (TPSA) is 165 Å². The van der Waals surface area contributed by atoms with Crippen molar-refractivity contribution in [1.29, 1.82) is 0 Å². The lowest BCUT2D eigenvalue weighted by Crippen LogP contribution is -2.67. The van der Waals surface area contributed by atoms with Gasteiger partial charge in [-0.05, 0) is 47.7 Å². The van der Waals surface area contributed by atoms with Crippen molar-refractivity contribution in [2.45, 2.75) is 70.8 Å². The Morgan fingerprint density at radius 3 is 2.23 bits per heavy atom. The molecule has 0 unspecified atom stereocenters. The van der Waals surface area contributed by atoms with Gasteiger partial charge in [-0.2, -0.15) is 0 Å². The molecule has 0 radical (unpaired) electrons. The third-order valence-electron chi connectivity index (χ3n) is 9.09. The molecule has 1 aromatic carbocycles. The van der Waals surface area contributed by atoms with Crippen LogP contribution in [0.5, 0.6) is 5.75 Å². The Bertz CT molecular complexity index is 1440. The monoisotopic (exact) mass is 543 g/mol. The summed E-state index contributed by atoms with van der Waals surface area (Å²) in [6, 6.07) is -1.21. The number of nitrogens with two attached hydrogens (primary N) is 1. The quantitative estimate of drug-likeness (QED) is 0.349. The Balaban J connectivity index is 1.76. The van der Waals surface area contributed by atoms with Crippen LogP contribution in [0.3, 0.4) is 0 Å². The minimum atomic E-state index is -2.75. The third kappa shape index (κ3) is 3.39. The minimum Gasteiger partial charge on any atom is -0.508 e. The first kappa shape index (κ1) is 27.3. The van der Waals surface area contributed by atoms with Crippen LogP contribution >= 0.6 is 0 Å². The average molecular weight is 544 g/mol. The molecule has 4 aliphatic rings. The smallest absolute Gasteiger partial charge is 0.255 e. The number of hydrogen-bond donors (Lipinski definition) is 5. The number of aromatic hydroxyl groups is 1. The summed E-state index contributed by atoms with van der Waals surface area (Å²) in [6.45, 7) is 8.00. The van der Waals surface area contributed by atoms with Gasteiger partial charge in [0, 0.05) is 52.2 Å². The molecule has 0 spiro atoms. The summed E-state index contributed by atoms with van der Waals surface area (Å²) in [5, 5.41) is 45.5. The number of rotatable bonds is 2. The Kier molecular flexibility index (Phi) is 5.68. The van der Waals surface area contributed by atoms with Crippen molar-refractivity contribution < 1.29 is 39.2 Å².